The summed E-state index contributed by atoms with van der Waals surface area (Å²) in [4.78, 5) is 31.7. The maximum absolute atomic E-state index is 11.8. The summed E-state index contributed by atoms with van der Waals surface area (Å²) in [6.45, 7) is 0.510. The van der Waals surface area contributed by atoms with Crippen LogP contribution in [0.5, 0.6) is 0 Å². The van der Waals surface area contributed by atoms with Crippen molar-refractivity contribution in [1.82, 2.24) is 0 Å². The van der Waals surface area contributed by atoms with Gasteiger partial charge in [-0.1, -0.05) is 96.8 Å². The Morgan fingerprint density at radius 2 is 1.20 bits per heavy atom. The highest BCUT2D eigenvalue weighted by molar-refractivity contribution is 7.47. The number of esters is 1. The molecule has 0 rings (SSSR count). The molecule has 0 heterocycles. The number of carbonyl (C=O) groups excluding carboxylic acids is 1. The van der Waals surface area contributed by atoms with E-state index in [9.17, 15) is 24.2 Å². The highest BCUT2D eigenvalue weighted by atomic mass is 31.2. The summed E-state index contributed by atoms with van der Waals surface area (Å²) in [7, 11) is -4.58. The first-order valence-electron chi connectivity index (χ1n) is 13.1. The first-order valence-corrected chi connectivity index (χ1v) is 14.6. The molecule has 0 aromatic carbocycles. The molecule has 2 unspecified atom stereocenters. The molecule has 0 fully saturated rings. The first kappa shape index (κ1) is 34.0. The van der Waals surface area contributed by atoms with Crippen molar-refractivity contribution in [2.24, 2.45) is 5.73 Å². The molecule has 0 aliphatic carbocycles. The lowest BCUT2D eigenvalue weighted by Crippen LogP contribution is -2.34. The van der Waals surface area contributed by atoms with Crippen LogP contribution >= 0.6 is 7.82 Å². The Kier molecular flexibility index (Phi) is 21.5. The van der Waals surface area contributed by atoms with Crippen molar-refractivity contribution in [2.45, 2.75) is 122 Å². The summed E-state index contributed by atoms with van der Waals surface area (Å²) in [5.74, 6) is -1.85. The Hall–Kier alpha value is -1.03. The van der Waals surface area contributed by atoms with Gasteiger partial charge in [0.2, 0.25) is 0 Å². The van der Waals surface area contributed by atoms with Gasteiger partial charge in [0, 0.05) is 6.42 Å². The third kappa shape index (κ3) is 23.1. The van der Waals surface area contributed by atoms with E-state index in [0.717, 1.165) is 12.8 Å². The molecule has 0 amide bonds. The minimum Gasteiger partial charge on any atom is -0.480 e. The fraction of sp³-hybridized carbons (Fsp3) is 0.917. The van der Waals surface area contributed by atoms with Crippen LogP contribution in [0.1, 0.15) is 110 Å². The Morgan fingerprint density at radius 3 is 1.66 bits per heavy atom. The molecule has 3 atom stereocenters. The third-order valence-corrected chi connectivity index (χ3v) is 6.54. The van der Waals surface area contributed by atoms with Crippen LogP contribution in [0.25, 0.3) is 0 Å². The molecule has 208 valence electrons. The van der Waals surface area contributed by atoms with Crippen LogP contribution in [0.3, 0.4) is 0 Å². The Bertz CT molecular complexity index is 591. The molecule has 0 radical (unpaired) electrons. The van der Waals surface area contributed by atoms with Gasteiger partial charge in [-0.3, -0.25) is 18.6 Å². The number of hydrogen-bond acceptors (Lipinski definition) is 8. The number of aliphatic hydroxyl groups is 1. The average Bonchev–Trinajstić information content (AvgIpc) is 2.82. The van der Waals surface area contributed by atoms with E-state index in [1.807, 2.05) is 0 Å². The van der Waals surface area contributed by atoms with Gasteiger partial charge in [0.15, 0.2) is 0 Å². The molecular weight excluding hydrogens is 477 g/mol. The van der Waals surface area contributed by atoms with Crippen LogP contribution in [0, 0.1) is 0 Å². The molecule has 0 aliphatic rings. The largest absolute Gasteiger partial charge is 0.480 e. The summed E-state index contributed by atoms with van der Waals surface area (Å²) in [6.07, 6.45) is 17.5. The lowest BCUT2D eigenvalue weighted by atomic mass is 10.0. The molecule has 0 saturated heterocycles. The summed E-state index contributed by atoms with van der Waals surface area (Å²) in [5.41, 5.74) is 5.16. The molecule has 35 heavy (non-hydrogen) atoms. The quantitative estimate of drug-likeness (QED) is 0.0745. The third-order valence-electron chi connectivity index (χ3n) is 5.59. The van der Waals surface area contributed by atoms with Gasteiger partial charge in [-0.2, -0.15) is 0 Å². The van der Waals surface area contributed by atoms with Crippen LogP contribution in [0.4, 0.5) is 0 Å². The number of carboxylic acid groups (broad SMARTS) is 1. The topological polar surface area (TPSA) is 166 Å². The normalized spacial score (nSPS) is 14.9. The molecule has 0 spiro atoms. The van der Waals surface area contributed by atoms with Gasteiger partial charge in [0.25, 0.3) is 0 Å². The van der Waals surface area contributed by atoms with E-state index in [1.165, 1.54) is 77.0 Å². The summed E-state index contributed by atoms with van der Waals surface area (Å²) in [5, 5.41) is 18.3. The number of aliphatic hydroxyl groups excluding tert-OH is 1. The van der Waals surface area contributed by atoms with Gasteiger partial charge >= 0.3 is 19.8 Å². The SMILES string of the molecule is CCCCCCCCCCCCCCCCCC(=O)OCC(O)COP(=O)(O)OC[C@H](N)C(=O)O. The number of carbonyl (C=O) groups is 2. The average molecular weight is 526 g/mol. The number of hydrogen-bond donors (Lipinski definition) is 4. The predicted octanol–water partition coefficient (Wildman–Crippen LogP) is 4.70. The van der Waals surface area contributed by atoms with Crippen molar-refractivity contribution < 1.29 is 43.0 Å². The number of ether oxygens (including phenoxy) is 1. The van der Waals surface area contributed by atoms with Gasteiger partial charge in [-0.05, 0) is 6.42 Å². The predicted molar refractivity (Wildman–Crippen MR) is 134 cm³/mol. The van der Waals surface area contributed by atoms with Crippen molar-refractivity contribution in [3.63, 3.8) is 0 Å². The van der Waals surface area contributed by atoms with Gasteiger partial charge in [-0.15, -0.1) is 0 Å². The number of aliphatic carboxylic acids is 1. The number of rotatable bonds is 25. The second-order valence-electron chi connectivity index (χ2n) is 9.04. The molecule has 5 N–H and O–H groups in total. The molecule has 0 aromatic heterocycles. The van der Waals surface area contributed by atoms with E-state index in [4.69, 9.17) is 15.6 Å². The van der Waals surface area contributed by atoms with Crippen molar-refractivity contribution in [3.8, 4) is 0 Å². The Morgan fingerprint density at radius 1 is 0.771 bits per heavy atom. The van der Waals surface area contributed by atoms with Gasteiger partial charge in [-0.25, -0.2) is 4.57 Å². The highest BCUT2D eigenvalue weighted by Crippen LogP contribution is 2.43. The van der Waals surface area contributed by atoms with E-state index in [0.29, 0.717) is 6.42 Å². The summed E-state index contributed by atoms with van der Waals surface area (Å²) in [6, 6.07) is -1.48. The van der Waals surface area contributed by atoms with Crippen molar-refractivity contribution in [3.05, 3.63) is 0 Å². The molecular formula is C24H48NO9P. The summed E-state index contributed by atoms with van der Waals surface area (Å²) < 4.78 is 25.5. The Labute approximate surface area is 210 Å². The van der Waals surface area contributed by atoms with Crippen LogP contribution < -0.4 is 5.73 Å². The fourth-order valence-electron chi connectivity index (χ4n) is 3.41. The van der Waals surface area contributed by atoms with E-state index in [1.54, 1.807) is 0 Å². The molecule has 10 nitrogen and oxygen atoms in total. The number of phosphoric ester groups is 1. The van der Waals surface area contributed by atoms with Crippen molar-refractivity contribution in [1.29, 1.82) is 0 Å². The number of unbranched alkanes of at least 4 members (excludes halogenated alkanes) is 14. The zero-order valence-corrected chi connectivity index (χ0v) is 22.3. The minimum absolute atomic E-state index is 0.251. The molecule has 0 aliphatic heterocycles. The number of phosphoric acid groups is 1. The smallest absolute Gasteiger partial charge is 0.472 e. The van der Waals surface area contributed by atoms with Gasteiger partial charge in [0.05, 0.1) is 13.2 Å². The lowest BCUT2D eigenvalue weighted by Gasteiger charge is -2.16. The lowest BCUT2D eigenvalue weighted by molar-refractivity contribution is -0.147. The maximum atomic E-state index is 11.8. The number of carboxylic acids is 1. The number of nitrogens with two attached hydrogens (primary N) is 1. The van der Waals surface area contributed by atoms with Crippen LogP contribution in [0.2, 0.25) is 0 Å². The van der Waals surface area contributed by atoms with Gasteiger partial charge < -0.3 is 25.6 Å². The van der Waals surface area contributed by atoms with E-state index < -0.39 is 45.1 Å². The molecule has 0 saturated carbocycles. The first-order chi connectivity index (χ1) is 16.7. The molecule has 11 heteroatoms. The zero-order valence-electron chi connectivity index (χ0n) is 21.4. The Balaban J connectivity index is 3.55. The van der Waals surface area contributed by atoms with Crippen LogP contribution in [0.15, 0.2) is 0 Å². The minimum atomic E-state index is -4.58. The van der Waals surface area contributed by atoms with Crippen LogP contribution in [-0.4, -0.2) is 59.0 Å². The second kappa shape index (κ2) is 22.2. The van der Waals surface area contributed by atoms with E-state index >= 15 is 0 Å². The standard InChI is InChI=1S/C24H48NO9P/c1-2-3-4-5-6-7-8-9-10-11-12-13-14-15-16-17-23(27)32-18-21(26)19-33-35(30,31)34-20-22(25)24(28)29/h21-22,26H,2-20,25H2,1H3,(H,28,29)(H,30,31)/t21?,22-/m0/s1. The van der Waals surface area contributed by atoms with E-state index in [-0.39, 0.29) is 13.0 Å². The fourth-order valence-corrected chi connectivity index (χ4v) is 4.20. The summed E-state index contributed by atoms with van der Waals surface area (Å²) >= 11 is 0. The second-order valence-corrected chi connectivity index (χ2v) is 10.5. The van der Waals surface area contributed by atoms with Gasteiger partial charge in [0.1, 0.15) is 18.8 Å². The highest BCUT2D eigenvalue weighted by Gasteiger charge is 2.26. The zero-order chi connectivity index (χ0) is 26.4. The van der Waals surface area contributed by atoms with Crippen LogP contribution in [-0.2, 0) is 27.9 Å². The monoisotopic (exact) mass is 525 g/mol. The molecule has 0 aromatic rings. The van der Waals surface area contributed by atoms with Crippen molar-refractivity contribution >= 4 is 19.8 Å². The molecule has 0 bridgehead atoms. The maximum Gasteiger partial charge on any atom is 0.472 e. The van der Waals surface area contributed by atoms with Crippen molar-refractivity contribution in [2.75, 3.05) is 19.8 Å². The van der Waals surface area contributed by atoms with E-state index in [2.05, 4.69) is 16.0 Å².